The molecule has 10 atom stereocenters. The highest BCUT2D eigenvalue weighted by molar-refractivity contribution is 5.95. The molecule has 16 nitrogen and oxygen atoms in total. The second kappa shape index (κ2) is 24.3. The fourth-order valence-electron chi connectivity index (χ4n) is 11.0. The third-order valence-electron chi connectivity index (χ3n) is 15.8. The molecule has 0 unspecified atom stereocenters. The number of aryl methyl sites for hydroxylation is 2. The standard InChI is InChI=1S/C58H84N10O6/c1-35(59-9)51(69)65-49(57(3,4)5)55(73)67-33-41(29-47(67)53(71)63-45-23-15-19-39-17-11-13-21-43(39)45)61-31-37-25-27-38(28-26-37)32-62-42-30-48(54(72)64-46-24-16-20-40-18-12-14-22-44(40)46)68(34-42)56(74)50(58(6,7)8)66-52(70)36(2)60-10/h11-14,17-18,21-22,25-28,35-36,41-42,45-50,59-62H,15-16,19-20,23-24,29-34H2,1-10H3,(H,63,71)(H,64,72)(H,65,69)(H,66,70)/t35-,36-,41-,42-,45+,46+,47-,48-,49+,50+/m0/s1. The third kappa shape index (κ3) is 13.6. The van der Waals surface area contributed by atoms with Crippen LogP contribution in [0.1, 0.15) is 139 Å². The van der Waals surface area contributed by atoms with Crippen molar-refractivity contribution in [1.29, 1.82) is 0 Å². The topological polar surface area (TPSA) is 205 Å². The molecule has 0 spiro atoms. The Morgan fingerprint density at radius 3 is 1.27 bits per heavy atom. The van der Waals surface area contributed by atoms with Crippen LogP contribution in [0.4, 0.5) is 0 Å². The van der Waals surface area contributed by atoms with E-state index in [0.717, 1.165) is 60.8 Å². The molecule has 2 heterocycles. The lowest BCUT2D eigenvalue weighted by molar-refractivity contribution is -0.144. The lowest BCUT2D eigenvalue weighted by Crippen LogP contribution is -2.59. The number of amides is 6. The molecule has 6 amide bonds. The van der Waals surface area contributed by atoms with Gasteiger partial charge in [0, 0.05) is 38.3 Å². The predicted octanol–water partition coefficient (Wildman–Crippen LogP) is 4.47. The van der Waals surface area contributed by atoms with Gasteiger partial charge in [-0.15, -0.1) is 0 Å². The van der Waals surface area contributed by atoms with E-state index in [0.29, 0.717) is 39.0 Å². The average molecular weight is 1020 g/mol. The minimum atomic E-state index is -0.854. The van der Waals surface area contributed by atoms with E-state index in [1.54, 1.807) is 37.7 Å². The number of fused-ring (bicyclic) bond motifs is 2. The second-order valence-electron chi connectivity index (χ2n) is 23.4. The number of carbonyl (C=O) groups excluding carboxylic acids is 6. The number of likely N-dealkylation sites (tertiary alicyclic amines) is 2. The Morgan fingerprint density at radius 2 is 0.919 bits per heavy atom. The molecule has 8 N–H and O–H groups in total. The molecule has 2 aliphatic carbocycles. The fourth-order valence-corrected chi connectivity index (χ4v) is 11.0. The van der Waals surface area contributed by atoms with E-state index in [2.05, 4.69) is 91.1 Å². The molecule has 3 aromatic rings. The third-order valence-corrected chi connectivity index (χ3v) is 15.8. The summed E-state index contributed by atoms with van der Waals surface area (Å²) in [6.45, 7) is 16.7. The van der Waals surface area contributed by atoms with Gasteiger partial charge in [0.1, 0.15) is 24.2 Å². The zero-order chi connectivity index (χ0) is 53.5. The fraction of sp³-hybridized carbons (Fsp3) is 0.586. The van der Waals surface area contributed by atoms with E-state index in [9.17, 15) is 28.8 Å². The lowest BCUT2D eigenvalue weighted by Gasteiger charge is -2.36. The van der Waals surface area contributed by atoms with Gasteiger partial charge < -0.3 is 52.3 Å². The summed E-state index contributed by atoms with van der Waals surface area (Å²) < 4.78 is 0. The van der Waals surface area contributed by atoms with Crippen LogP contribution < -0.4 is 42.5 Å². The summed E-state index contributed by atoms with van der Waals surface area (Å²) in [4.78, 5) is 87.8. The average Bonchev–Trinajstić information content (AvgIpc) is 4.03. The number of nitrogens with one attached hydrogen (secondary N) is 8. The van der Waals surface area contributed by atoms with Gasteiger partial charge in [0.2, 0.25) is 35.4 Å². The molecule has 0 saturated carbocycles. The van der Waals surface area contributed by atoms with Gasteiger partial charge in [0.05, 0.1) is 24.2 Å². The molecule has 3 aromatic carbocycles. The number of likely N-dealkylation sites (N-methyl/N-ethyl adjacent to an activating group) is 2. The quantitative estimate of drug-likeness (QED) is 0.0899. The van der Waals surface area contributed by atoms with Crippen molar-refractivity contribution in [3.63, 3.8) is 0 Å². The van der Waals surface area contributed by atoms with Crippen LogP contribution in [0.15, 0.2) is 72.8 Å². The van der Waals surface area contributed by atoms with Gasteiger partial charge in [0.15, 0.2) is 0 Å². The van der Waals surface area contributed by atoms with E-state index in [1.807, 2.05) is 65.8 Å². The van der Waals surface area contributed by atoms with Crippen molar-refractivity contribution in [2.45, 2.75) is 180 Å². The van der Waals surface area contributed by atoms with E-state index < -0.39 is 47.1 Å². The highest BCUT2D eigenvalue weighted by Gasteiger charge is 2.47. The van der Waals surface area contributed by atoms with Crippen LogP contribution in [0.3, 0.4) is 0 Å². The molecule has 4 aliphatic rings. The van der Waals surface area contributed by atoms with Crippen molar-refractivity contribution in [2.24, 2.45) is 10.8 Å². The van der Waals surface area contributed by atoms with Gasteiger partial charge in [-0.1, -0.05) is 114 Å². The van der Waals surface area contributed by atoms with E-state index in [-0.39, 0.29) is 59.6 Å². The Balaban J connectivity index is 1.02. The smallest absolute Gasteiger partial charge is 0.246 e. The molecule has 0 bridgehead atoms. The zero-order valence-corrected chi connectivity index (χ0v) is 45.5. The maximum absolute atomic E-state index is 14.6. The van der Waals surface area contributed by atoms with Gasteiger partial charge in [-0.3, -0.25) is 28.8 Å². The molecule has 7 rings (SSSR count). The SMILES string of the molecule is CN[C@@H](C)C(=O)N[C@H](C(=O)N1C[C@@H](NCc2ccc(CN[C@H]3C[C@@H](C(=O)N[C@@H]4CCCc5ccccc54)N(C(=O)[C@@H](NC(=O)[C@H](C)NC)C(C)(C)C)C3)cc2)C[C@H]1C(=O)N[C@@H]1CCCc2ccccc21)C(C)(C)C. The molecular formula is C58H84N10O6. The van der Waals surface area contributed by atoms with Crippen LogP contribution in [0.2, 0.25) is 0 Å². The van der Waals surface area contributed by atoms with Crippen LogP contribution in [-0.2, 0) is 54.7 Å². The maximum Gasteiger partial charge on any atom is 0.246 e. The molecule has 402 valence electrons. The monoisotopic (exact) mass is 1020 g/mol. The van der Waals surface area contributed by atoms with Crippen molar-refractivity contribution in [2.75, 3.05) is 27.2 Å². The van der Waals surface area contributed by atoms with E-state index in [4.69, 9.17) is 0 Å². The van der Waals surface area contributed by atoms with Gasteiger partial charge in [-0.25, -0.2) is 0 Å². The lowest BCUT2D eigenvalue weighted by atomic mass is 9.85. The highest BCUT2D eigenvalue weighted by atomic mass is 16.2. The molecule has 0 aromatic heterocycles. The van der Waals surface area contributed by atoms with Gasteiger partial charge in [-0.05, 0) is 124 Å². The summed E-state index contributed by atoms with van der Waals surface area (Å²) in [6.07, 6.45) is 6.33. The summed E-state index contributed by atoms with van der Waals surface area (Å²) in [7, 11) is 3.40. The first-order valence-electron chi connectivity index (χ1n) is 27.0. The summed E-state index contributed by atoms with van der Waals surface area (Å²) in [5.74, 6) is -1.52. The van der Waals surface area contributed by atoms with Gasteiger partial charge in [0.25, 0.3) is 0 Å². The molecule has 2 aliphatic heterocycles. The number of hydrogen-bond acceptors (Lipinski definition) is 10. The minimum Gasteiger partial charge on any atom is -0.347 e. The van der Waals surface area contributed by atoms with Crippen LogP contribution in [-0.4, -0.2) is 121 Å². The zero-order valence-electron chi connectivity index (χ0n) is 45.5. The first-order valence-corrected chi connectivity index (χ1v) is 27.0. The van der Waals surface area contributed by atoms with E-state index >= 15 is 0 Å². The number of hydrogen-bond donors (Lipinski definition) is 8. The molecule has 16 heteroatoms. The second-order valence-corrected chi connectivity index (χ2v) is 23.4. The summed E-state index contributed by atoms with van der Waals surface area (Å²) in [5, 5.41) is 25.8. The number of rotatable bonds is 18. The van der Waals surface area contributed by atoms with Crippen LogP contribution in [0, 0.1) is 10.8 Å². The number of benzene rings is 3. The summed E-state index contributed by atoms with van der Waals surface area (Å²) in [6, 6.07) is 19.8. The van der Waals surface area contributed by atoms with Crippen LogP contribution in [0.25, 0.3) is 0 Å². The molecule has 2 fully saturated rings. The largest absolute Gasteiger partial charge is 0.347 e. The Kier molecular flexibility index (Phi) is 18.4. The molecule has 74 heavy (non-hydrogen) atoms. The maximum atomic E-state index is 14.6. The van der Waals surface area contributed by atoms with Gasteiger partial charge in [-0.2, -0.15) is 0 Å². The Morgan fingerprint density at radius 1 is 0.554 bits per heavy atom. The molecular weight excluding hydrogens is 933 g/mol. The first kappa shape index (κ1) is 56.1. The Bertz CT molecular complexity index is 2300. The van der Waals surface area contributed by atoms with Gasteiger partial charge >= 0.3 is 0 Å². The number of nitrogens with zero attached hydrogens (tertiary/aromatic N) is 2. The Labute approximate surface area is 439 Å². The van der Waals surface area contributed by atoms with Crippen molar-refractivity contribution in [3.05, 3.63) is 106 Å². The van der Waals surface area contributed by atoms with Crippen molar-refractivity contribution < 1.29 is 28.8 Å². The van der Waals surface area contributed by atoms with Crippen molar-refractivity contribution in [1.82, 2.24) is 52.3 Å². The van der Waals surface area contributed by atoms with Crippen LogP contribution in [0.5, 0.6) is 0 Å². The first-order chi connectivity index (χ1) is 35.2. The highest BCUT2D eigenvalue weighted by Crippen LogP contribution is 2.34. The normalized spacial score (nSPS) is 23.4. The van der Waals surface area contributed by atoms with Crippen molar-refractivity contribution in [3.8, 4) is 0 Å². The molecule has 0 radical (unpaired) electrons. The van der Waals surface area contributed by atoms with Crippen molar-refractivity contribution >= 4 is 35.4 Å². The Hall–Kier alpha value is -5.68. The molecule has 2 saturated heterocycles. The summed E-state index contributed by atoms with van der Waals surface area (Å²) in [5.41, 5.74) is 5.52. The minimum absolute atomic E-state index is 0.146. The predicted molar refractivity (Wildman–Crippen MR) is 288 cm³/mol. The summed E-state index contributed by atoms with van der Waals surface area (Å²) >= 11 is 0. The number of carbonyl (C=O) groups is 6. The van der Waals surface area contributed by atoms with E-state index in [1.165, 1.54) is 11.1 Å². The van der Waals surface area contributed by atoms with Crippen LogP contribution >= 0.6 is 0 Å².